The Morgan fingerprint density at radius 1 is 0.517 bits per heavy atom. The number of carbonyl (C=O) groups is 2. The topological polar surface area (TPSA) is 61.8 Å². The number of fused-ring (bicyclic) bond motifs is 2. The number of rotatable bonds is 4. The summed E-state index contributed by atoms with van der Waals surface area (Å²) in [7, 11) is 0. The van der Waals surface area contributed by atoms with Gasteiger partial charge in [0, 0.05) is 10.8 Å². The fourth-order valence-corrected chi connectivity index (χ4v) is 3.38. The lowest BCUT2D eigenvalue weighted by Gasteiger charge is -2.16. The Hall–Kier alpha value is -4.12. The highest BCUT2D eigenvalue weighted by atomic mass is 16.6. The van der Waals surface area contributed by atoms with Crippen molar-refractivity contribution in [2.24, 2.45) is 0 Å². The quantitative estimate of drug-likeness (QED) is 0.333. The Morgan fingerprint density at radius 2 is 0.897 bits per heavy atom. The second-order valence-electron chi connectivity index (χ2n) is 6.46. The molecule has 0 aliphatic carbocycles. The molecular weight excluding hydrogens is 368 g/mol. The largest absolute Gasteiger partial charge is 0.456 e. The monoisotopic (exact) mass is 382 g/mol. The molecule has 0 radical (unpaired) electrons. The van der Waals surface area contributed by atoms with Gasteiger partial charge in [-0.05, 0) is 24.3 Å². The molecule has 5 heteroatoms. The minimum atomic E-state index is -0.750. The third-order valence-corrected chi connectivity index (χ3v) is 4.64. The van der Waals surface area contributed by atoms with Gasteiger partial charge in [0.25, 0.3) is 0 Å². The Labute approximate surface area is 166 Å². The molecule has 1 aliphatic rings. The van der Waals surface area contributed by atoms with Gasteiger partial charge >= 0.3 is 11.9 Å². The van der Waals surface area contributed by atoms with Gasteiger partial charge in [-0.1, -0.05) is 60.7 Å². The molecule has 0 aromatic heterocycles. The van der Waals surface area contributed by atoms with E-state index in [4.69, 9.17) is 14.2 Å². The smallest absolute Gasteiger partial charge is 0.350 e. The first-order valence-corrected chi connectivity index (χ1v) is 9.03. The first-order valence-electron chi connectivity index (χ1n) is 9.03. The van der Waals surface area contributed by atoms with Crippen molar-refractivity contribution >= 4 is 22.7 Å². The molecular formula is C24H14O5. The minimum absolute atomic E-state index is 0.0727. The molecule has 140 valence electrons. The summed E-state index contributed by atoms with van der Waals surface area (Å²) in [5, 5.41) is 1.29. The highest BCUT2D eigenvalue weighted by molar-refractivity contribution is 6.22. The second-order valence-corrected chi connectivity index (χ2v) is 6.46. The van der Waals surface area contributed by atoms with Crippen molar-refractivity contribution in [3.63, 3.8) is 0 Å². The molecule has 0 N–H and O–H groups in total. The van der Waals surface area contributed by atoms with Crippen LogP contribution in [0.1, 0.15) is 20.7 Å². The van der Waals surface area contributed by atoms with Gasteiger partial charge in [0.05, 0.1) is 0 Å². The van der Waals surface area contributed by atoms with Crippen LogP contribution >= 0.6 is 0 Å². The van der Waals surface area contributed by atoms with Crippen LogP contribution in [0.3, 0.4) is 0 Å². The maximum atomic E-state index is 12.6. The Balaban J connectivity index is 1.79. The van der Waals surface area contributed by atoms with Crippen LogP contribution in [0.4, 0.5) is 0 Å². The van der Waals surface area contributed by atoms with E-state index in [9.17, 15) is 9.59 Å². The van der Waals surface area contributed by atoms with Crippen LogP contribution in [0.2, 0.25) is 0 Å². The molecule has 0 amide bonds. The summed E-state index contributed by atoms with van der Waals surface area (Å²) in [5.41, 5.74) is 0.145. The van der Waals surface area contributed by atoms with Gasteiger partial charge in [-0.2, -0.15) is 0 Å². The van der Waals surface area contributed by atoms with Crippen LogP contribution in [0.25, 0.3) is 10.8 Å². The van der Waals surface area contributed by atoms with Gasteiger partial charge in [0.15, 0.2) is 11.5 Å². The lowest BCUT2D eigenvalue weighted by Crippen LogP contribution is -2.02. The van der Waals surface area contributed by atoms with Crippen LogP contribution in [0.15, 0.2) is 84.9 Å². The number of carbonyl (C=O) groups excluding carboxylic acids is 2. The van der Waals surface area contributed by atoms with Gasteiger partial charge < -0.3 is 14.2 Å². The number of benzene rings is 4. The summed E-state index contributed by atoms with van der Waals surface area (Å²) in [4.78, 5) is 25.1. The van der Waals surface area contributed by atoms with Crippen LogP contribution in [-0.4, -0.2) is 11.9 Å². The second kappa shape index (κ2) is 6.80. The molecule has 0 fully saturated rings. The van der Waals surface area contributed by atoms with Crippen molar-refractivity contribution in [2.75, 3.05) is 0 Å². The van der Waals surface area contributed by atoms with E-state index >= 15 is 0 Å². The van der Waals surface area contributed by atoms with Crippen LogP contribution in [0.5, 0.6) is 23.0 Å². The summed E-state index contributed by atoms with van der Waals surface area (Å²) >= 11 is 0. The number of esters is 2. The van der Waals surface area contributed by atoms with E-state index in [1.807, 2.05) is 60.7 Å². The maximum Gasteiger partial charge on any atom is 0.350 e. The molecule has 29 heavy (non-hydrogen) atoms. The lowest BCUT2D eigenvalue weighted by atomic mass is 9.98. The van der Waals surface area contributed by atoms with Gasteiger partial charge in [0.1, 0.15) is 22.6 Å². The Kier molecular flexibility index (Phi) is 3.99. The van der Waals surface area contributed by atoms with Crippen molar-refractivity contribution in [3.8, 4) is 23.0 Å². The number of hydrogen-bond donors (Lipinski definition) is 0. The molecule has 0 saturated carbocycles. The van der Waals surface area contributed by atoms with E-state index < -0.39 is 11.9 Å². The zero-order valence-corrected chi connectivity index (χ0v) is 15.1. The highest BCUT2D eigenvalue weighted by Crippen LogP contribution is 2.46. The number of hydrogen-bond acceptors (Lipinski definition) is 5. The molecule has 5 nitrogen and oxygen atoms in total. The SMILES string of the molecule is O=C1OC(=O)c2c1c(Oc1ccccc1)c1ccccc1c2Oc1ccccc1. The standard InChI is InChI=1S/C24H14O5/c25-23-19-20(24(26)29-23)22(28-16-11-5-2-6-12-16)18-14-8-7-13-17(18)21(19)27-15-9-3-1-4-10-15/h1-14H. The zero-order valence-electron chi connectivity index (χ0n) is 15.1. The summed E-state index contributed by atoms with van der Waals surface area (Å²) < 4.78 is 17.0. The van der Waals surface area contributed by atoms with E-state index in [1.165, 1.54) is 0 Å². The maximum absolute atomic E-state index is 12.6. The van der Waals surface area contributed by atoms with Crippen molar-refractivity contribution in [1.82, 2.24) is 0 Å². The van der Waals surface area contributed by atoms with E-state index in [-0.39, 0.29) is 22.6 Å². The highest BCUT2D eigenvalue weighted by Gasteiger charge is 2.39. The average molecular weight is 382 g/mol. The molecule has 4 aromatic carbocycles. The average Bonchev–Trinajstić information content (AvgIpc) is 3.06. The van der Waals surface area contributed by atoms with Gasteiger partial charge in [-0.15, -0.1) is 0 Å². The Morgan fingerprint density at radius 3 is 1.31 bits per heavy atom. The predicted molar refractivity (Wildman–Crippen MR) is 107 cm³/mol. The van der Waals surface area contributed by atoms with Gasteiger partial charge in [-0.25, -0.2) is 9.59 Å². The molecule has 0 unspecified atom stereocenters. The summed E-state index contributed by atoms with van der Waals surface area (Å²) in [6, 6.07) is 25.5. The van der Waals surface area contributed by atoms with E-state index in [0.717, 1.165) is 0 Å². The van der Waals surface area contributed by atoms with Crippen LogP contribution < -0.4 is 9.47 Å². The van der Waals surface area contributed by atoms with Crippen molar-refractivity contribution in [3.05, 3.63) is 96.1 Å². The first kappa shape index (κ1) is 17.0. The van der Waals surface area contributed by atoms with Crippen molar-refractivity contribution < 1.29 is 23.8 Å². The fourth-order valence-electron chi connectivity index (χ4n) is 3.38. The summed E-state index contributed by atoms with van der Waals surface area (Å²) in [6.07, 6.45) is 0. The zero-order chi connectivity index (χ0) is 19.8. The fraction of sp³-hybridized carbons (Fsp3) is 0. The number of cyclic esters (lactones) is 2. The first-order chi connectivity index (χ1) is 14.2. The van der Waals surface area contributed by atoms with E-state index in [1.54, 1.807) is 24.3 Å². The third kappa shape index (κ3) is 2.89. The minimum Gasteiger partial charge on any atom is -0.456 e. The summed E-state index contributed by atoms with van der Waals surface area (Å²) in [5.74, 6) is 0.141. The van der Waals surface area contributed by atoms with Crippen LogP contribution in [0, 0.1) is 0 Å². The van der Waals surface area contributed by atoms with Gasteiger partial charge in [0.2, 0.25) is 0 Å². The van der Waals surface area contributed by atoms with Crippen molar-refractivity contribution in [1.29, 1.82) is 0 Å². The van der Waals surface area contributed by atoms with Crippen molar-refractivity contribution in [2.45, 2.75) is 0 Å². The van der Waals surface area contributed by atoms with E-state index in [2.05, 4.69) is 0 Å². The molecule has 0 saturated heterocycles. The van der Waals surface area contributed by atoms with Crippen LogP contribution in [-0.2, 0) is 4.74 Å². The molecule has 1 aliphatic heterocycles. The Bertz CT molecular complexity index is 1150. The molecule has 0 atom stereocenters. The summed E-state index contributed by atoms with van der Waals surface area (Å²) in [6.45, 7) is 0. The number of ether oxygens (including phenoxy) is 3. The molecule has 0 spiro atoms. The lowest BCUT2D eigenvalue weighted by molar-refractivity contribution is 0.0442. The third-order valence-electron chi connectivity index (χ3n) is 4.64. The van der Waals surface area contributed by atoms with Gasteiger partial charge in [-0.3, -0.25) is 0 Å². The van der Waals surface area contributed by atoms with E-state index in [0.29, 0.717) is 22.3 Å². The normalized spacial score (nSPS) is 12.6. The molecule has 0 bridgehead atoms. The number of para-hydroxylation sites is 2. The molecule has 5 rings (SSSR count). The predicted octanol–water partition coefficient (Wildman–Crippen LogP) is 5.74. The molecule has 1 heterocycles. The molecule has 4 aromatic rings.